The molecule has 0 saturated heterocycles. The van der Waals surface area contributed by atoms with Gasteiger partial charge in [-0.15, -0.1) is 22.7 Å². The van der Waals surface area contributed by atoms with Crippen LogP contribution in [0.25, 0.3) is 0 Å². The number of fused-ring (bicyclic) bond motifs is 1. The summed E-state index contributed by atoms with van der Waals surface area (Å²) in [5, 5.41) is 7.42. The first kappa shape index (κ1) is 18.2. The predicted molar refractivity (Wildman–Crippen MR) is 110 cm³/mol. The van der Waals surface area contributed by atoms with E-state index in [4.69, 9.17) is 11.6 Å². The Bertz CT molecular complexity index is 951. The molecule has 7 heteroatoms. The maximum atomic E-state index is 12.9. The number of rotatable bonds is 4. The molecule has 138 valence electrons. The summed E-state index contributed by atoms with van der Waals surface area (Å²) in [5.74, 6) is -0.353. The van der Waals surface area contributed by atoms with E-state index >= 15 is 0 Å². The molecular formula is C20H17ClN2O2S2. The van der Waals surface area contributed by atoms with Crippen molar-refractivity contribution in [3.8, 4) is 0 Å². The summed E-state index contributed by atoms with van der Waals surface area (Å²) in [6.07, 6.45) is 0.853. The van der Waals surface area contributed by atoms with Crippen molar-refractivity contribution in [1.82, 2.24) is 10.2 Å². The van der Waals surface area contributed by atoms with Crippen LogP contribution in [0.2, 0.25) is 5.02 Å². The normalized spacial score (nSPS) is 16.0. The molecule has 0 unspecified atom stereocenters. The quantitative estimate of drug-likeness (QED) is 0.686. The van der Waals surface area contributed by atoms with E-state index in [0.717, 1.165) is 11.3 Å². The molecule has 0 fully saturated rings. The molecule has 2 aromatic heterocycles. The average molecular weight is 417 g/mol. The van der Waals surface area contributed by atoms with Gasteiger partial charge in [-0.3, -0.25) is 9.59 Å². The Morgan fingerprint density at radius 3 is 2.67 bits per heavy atom. The van der Waals surface area contributed by atoms with Crippen LogP contribution in [0.4, 0.5) is 0 Å². The fourth-order valence-electron chi connectivity index (χ4n) is 3.30. The molecule has 4 nitrogen and oxygen atoms in total. The molecule has 1 aromatic carbocycles. The first-order valence-electron chi connectivity index (χ1n) is 8.56. The number of thiophene rings is 2. The van der Waals surface area contributed by atoms with Gasteiger partial charge in [-0.05, 0) is 59.1 Å². The second kappa shape index (κ2) is 7.84. The fourth-order valence-corrected chi connectivity index (χ4v) is 5.18. The minimum atomic E-state index is -0.277. The van der Waals surface area contributed by atoms with Crippen molar-refractivity contribution in [2.75, 3.05) is 13.1 Å². The second-order valence-electron chi connectivity index (χ2n) is 6.24. The van der Waals surface area contributed by atoms with Crippen LogP contribution in [0, 0.1) is 0 Å². The second-order valence-corrected chi connectivity index (χ2v) is 8.66. The molecule has 2 amide bonds. The molecule has 1 aliphatic heterocycles. The lowest BCUT2D eigenvalue weighted by atomic mass is 9.98. The molecule has 0 spiro atoms. The zero-order valence-corrected chi connectivity index (χ0v) is 16.7. The van der Waals surface area contributed by atoms with Crippen LogP contribution in [0.5, 0.6) is 0 Å². The van der Waals surface area contributed by atoms with E-state index in [2.05, 4.69) is 22.8 Å². The largest absolute Gasteiger partial charge is 0.343 e. The van der Waals surface area contributed by atoms with Gasteiger partial charge in [-0.1, -0.05) is 17.7 Å². The number of hydrogen-bond acceptors (Lipinski definition) is 4. The standard InChI is InChI=1S/C20H17ClN2O2S2/c21-14-5-3-13(4-6-14)20(25)22-12-18(24)23-9-7-16-15(8-11-27-16)19(23)17-2-1-10-26-17/h1-6,8,10-11,19H,7,9,12H2,(H,22,25)/t19-/m1/s1. The zero-order valence-electron chi connectivity index (χ0n) is 14.4. The van der Waals surface area contributed by atoms with Crippen LogP contribution in [-0.4, -0.2) is 29.8 Å². The van der Waals surface area contributed by atoms with E-state index in [0.29, 0.717) is 17.1 Å². The summed E-state index contributed by atoms with van der Waals surface area (Å²) >= 11 is 9.25. The third kappa shape index (κ3) is 3.78. The molecular weight excluding hydrogens is 400 g/mol. The number of halogens is 1. The Hall–Kier alpha value is -2.15. The molecule has 1 atom stereocenters. The summed E-state index contributed by atoms with van der Waals surface area (Å²) in [7, 11) is 0. The predicted octanol–water partition coefficient (Wildman–Crippen LogP) is 4.37. The molecule has 0 radical (unpaired) electrons. The van der Waals surface area contributed by atoms with Crippen molar-refractivity contribution in [2.24, 2.45) is 0 Å². The van der Waals surface area contributed by atoms with Gasteiger partial charge in [0, 0.05) is 26.9 Å². The summed E-state index contributed by atoms with van der Waals surface area (Å²) < 4.78 is 0. The van der Waals surface area contributed by atoms with Gasteiger partial charge in [0.15, 0.2) is 0 Å². The minimum Gasteiger partial charge on any atom is -0.343 e. The van der Waals surface area contributed by atoms with Crippen LogP contribution in [0.1, 0.15) is 31.7 Å². The van der Waals surface area contributed by atoms with Crippen molar-refractivity contribution in [3.63, 3.8) is 0 Å². The maximum Gasteiger partial charge on any atom is 0.251 e. The van der Waals surface area contributed by atoms with E-state index in [1.807, 2.05) is 16.3 Å². The Morgan fingerprint density at radius 1 is 1.11 bits per heavy atom. The van der Waals surface area contributed by atoms with Gasteiger partial charge in [0.05, 0.1) is 12.6 Å². The molecule has 27 heavy (non-hydrogen) atoms. The lowest BCUT2D eigenvalue weighted by molar-refractivity contribution is -0.132. The van der Waals surface area contributed by atoms with Gasteiger partial charge in [0.2, 0.25) is 5.91 Å². The number of nitrogens with one attached hydrogen (secondary N) is 1. The minimum absolute atomic E-state index is 0.0250. The zero-order chi connectivity index (χ0) is 18.8. The summed E-state index contributed by atoms with van der Waals surface area (Å²) in [4.78, 5) is 29.6. The monoisotopic (exact) mass is 416 g/mol. The van der Waals surface area contributed by atoms with Crippen LogP contribution in [0.3, 0.4) is 0 Å². The van der Waals surface area contributed by atoms with E-state index in [1.165, 1.54) is 10.4 Å². The van der Waals surface area contributed by atoms with Crippen LogP contribution < -0.4 is 5.32 Å². The Morgan fingerprint density at radius 2 is 1.93 bits per heavy atom. The highest BCUT2D eigenvalue weighted by Gasteiger charge is 2.33. The number of nitrogens with zero attached hydrogens (tertiary/aromatic N) is 1. The fraction of sp³-hybridized carbons (Fsp3) is 0.200. The van der Waals surface area contributed by atoms with E-state index in [-0.39, 0.29) is 24.4 Å². The van der Waals surface area contributed by atoms with Crippen LogP contribution in [0.15, 0.2) is 53.2 Å². The van der Waals surface area contributed by atoms with Gasteiger partial charge in [-0.2, -0.15) is 0 Å². The van der Waals surface area contributed by atoms with Gasteiger partial charge in [0.1, 0.15) is 0 Å². The number of hydrogen-bond donors (Lipinski definition) is 1. The smallest absolute Gasteiger partial charge is 0.251 e. The molecule has 3 heterocycles. The van der Waals surface area contributed by atoms with Crippen molar-refractivity contribution in [1.29, 1.82) is 0 Å². The molecule has 0 saturated carbocycles. The lowest BCUT2D eigenvalue weighted by Crippen LogP contribution is -2.45. The van der Waals surface area contributed by atoms with Gasteiger partial charge < -0.3 is 10.2 Å². The number of amides is 2. The third-order valence-corrected chi connectivity index (χ3v) is 6.78. The highest BCUT2D eigenvalue weighted by molar-refractivity contribution is 7.10. The van der Waals surface area contributed by atoms with E-state index in [1.54, 1.807) is 46.9 Å². The van der Waals surface area contributed by atoms with Crippen molar-refractivity contribution in [3.05, 3.63) is 79.1 Å². The Labute approximate surface area is 170 Å². The highest BCUT2D eigenvalue weighted by atomic mass is 35.5. The van der Waals surface area contributed by atoms with Crippen molar-refractivity contribution < 1.29 is 9.59 Å². The topological polar surface area (TPSA) is 49.4 Å². The molecule has 1 aliphatic rings. The van der Waals surface area contributed by atoms with Gasteiger partial charge in [-0.25, -0.2) is 0 Å². The highest BCUT2D eigenvalue weighted by Crippen LogP contribution is 2.39. The Balaban J connectivity index is 1.49. The maximum absolute atomic E-state index is 12.9. The number of benzene rings is 1. The SMILES string of the molecule is O=C(NCC(=O)N1CCc2sccc2[C@@H]1c1cccs1)c1ccc(Cl)cc1. The average Bonchev–Trinajstić information content (AvgIpc) is 3.37. The van der Waals surface area contributed by atoms with E-state index in [9.17, 15) is 9.59 Å². The summed E-state index contributed by atoms with van der Waals surface area (Å²) in [6, 6.07) is 12.7. The number of carbonyl (C=O) groups excluding carboxylic acids is 2. The molecule has 1 N–H and O–H groups in total. The van der Waals surface area contributed by atoms with Gasteiger partial charge >= 0.3 is 0 Å². The Kier molecular flexibility index (Phi) is 5.29. The molecule has 0 bridgehead atoms. The summed E-state index contributed by atoms with van der Waals surface area (Å²) in [5.41, 5.74) is 1.69. The van der Waals surface area contributed by atoms with Crippen molar-refractivity contribution in [2.45, 2.75) is 12.5 Å². The first-order chi connectivity index (χ1) is 13.1. The third-order valence-electron chi connectivity index (χ3n) is 4.61. The number of carbonyl (C=O) groups is 2. The molecule has 4 rings (SSSR count). The summed E-state index contributed by atoms with van der Waals surface area (Å²) in [6.45, 7) is 0.633. The lowest BCUT2D eigenvalue weighted by Gasteiger charge is -2.35. The van der Waals surface area contributed by atoms with Gasteiger partial charge in [0.25, 0.3) is 5.91 Å². The van der Waals surface area contributed by atoms with Crippen LogP contribution >= 0.6 is 34.3 Å². The van der Waals surface area contributed by atoms with Crippen LogP contribution in [-0.2, 0) is 11.2 Å². The van der Waals surface area contributed by atoms with Crippen molar-refractivity contribution >= 4 is 46.1 Å². The van der Waals surface area contributed by atoms with E-state index < -0.39 is 0 Å². The molecule has 0 aliphatic carbocycles. The first-order valence-corrected chi connectivity index (χ1v) is 10.7. The molecule has 3 aromatic rings.